The van der Waals surface area contributed by atoms with Crippen LogP contribution in [0.2, 0.25) is 0 Å². The zero-order chi connectivity index (χ0) is 10.8. The number of H-pyrrole nitrogens is 1. The van der Waals surface area contributed by atoms with Crippen LogP contribution in [0.1, 0.15) is 11.4 Å². The SMILES string of the molecule is [c]1ccc2[nH]c(Cc3ccccn3)cc2c1. The number of hydrogen-bond acceptors (Lipinski definition) is 1. The summed E-state index contributed by atoms with van der Waals surface area (Å²) < 4.78 is 0. The second-order valence-corrected chi connectivity index (χ2v) is 3.81. The predicted molar refractivity (Wildman–Crippen MR) is 64.2 cm³/mol. The average Bonchev–Trinajstić information content (AvgIpc) is 2.72. The summed E-state index contributed by atoms with van der Waals surface area (Å²) in [5.74, 6) is 0. The van der Waals surface area contributed by atoms with Crippen molar-refractivity contribution >= 4 is 10.9 Å². The van der Waals surface area contributed by atoms with Gasteiger partial charge in [0.25, 0.3) is 0 Å². The van der Waals surface area contributed by atoms with Crippen molar-refractivity contribution in [2.45, 2.75) is 6.42 Å². The molecule has 0 saturated heterocycles. The molecule has 0 aliphatic heterocycles. The molecule has 1 radical (unpaired) electrons. The third-order valence-electron chi connectivity index (χ3n) is 2.62. The first-order valence-electron chi connectivity index (χ1n) is 5.29. The van der Waals surface area contributed by atoms with Gasteiger partial charge in [0, 0.05) is 34.9 Å². The van der Waals surface area contributed by atoms with Crippen molar-refractivity contribution in [3.63, 3.8) is 0 Å². The van der Waals surface area contributed by atoms with Gasteiger partial charge >= 0.3 is 0 Å². The second-order valence-electron chi connectivity index (χ2n) is 3.81. The van der Waals surface area contributed by atoms with Crippen LogP contribution in [0.5, 0.6) is 0 Å². The first kappa shape index (κ1) is 9.16. The zero-order valence-corrected chi connectivity index (χ0v) is 8.77. The summed E-state index contributed by atoms with van der Waals surface area (Å²) in [5, 5.41) is 1.20. The summed E-state index contributed by atoms with van der Waals surface area (Å²) in [5.41, 5.74) is 3.43. The molecule has 2 heteroatoms. The quantitative estimate of drug-likeness (QED) is 0.687. The molecule has 1 N–H and O–H groups in total. The van der Waals surface area contributed by atoms with Gasteiger partial charge in [-0.15, -0.1) is 0 Å². The standard InChI is InChI=1S/C14H11N2/c1-2-7-14-11(5-1)9-13(16-14)10-12-6-3-4-8-15-12/h2-9,16H,10H2. The lowest BCUT2D eigenvalue weighted by Crippen LogP contribution is -1.90. The first-order chi connectivity index (χ1) is 7.92. The summed E-state index contributed by atoms with van der Waals surface area (Å²) >= 11 is 0. The van der Waals surface area contributed by atoms with E-state index in [1.165, 1.54) is 11.1 Å². The molecule has 0 fully saturated rings. The molecule has 3 aromatic rings. The van der Waals surface area contributed by atoms with Gasteiger partial charge in [0.05, 0.1) is 0 Å². The van der Waals surface area contributed by atoms with E-state index in [-0.39, 0.29) is 0 Å². The van der Waals surface area contributed by atoms with E-state index >= 15 is 0 Å². The third-order valence-corrected chi connectivity index (χ3v) is 2.62. The lowest BCUT2D eigenvalue weighted by molar-refractivity contribution is 1.04. The minimum Gasteiger partial charge on any atom is -0.358 e. The average molecular weight is 207 g/mol. The van der Waals surface area contributed by atoms with Crippen molar-refractivity contribution in [1.29, 1.82) is 0 Å². The van der Waals surface area contributed by atoms with E-state index in [1.54, 1.807) is 0 Å². The molecule has 16 heavy (non-hydrogen) atoms. The Labute approximate surface area is 94.0 Å². The normalized spacial score (nSPS) is 10.8. The summed E-state index contributed by atoms with van der Waals surface area (Å²) in [7, 11) is 0. The molecule has 0 amide bonds. The fourth-order valence-corrected chi connectivity index (χ4v) is 1.87. The minimum absolute atomic E-state index is 0.843. The fraction of sp³-hybridized carbons (Fsp3) is 0.0714. The lowest BCUT2D eigenvalue weighted by atomic mass is 10.2. The van der Waals surface area contributed by atoms with Gasteiger partial charge in [0.1, 0.15) is 0 Å². The Morgan fingerprint density at radius 1 is 1.25 bits per heavy atom. The Balaban J connectivity index is 1.95. The van der Waals surface area contributed by atoms with Gasteiger partial charge in [-0.25, -0.2) is 0 Å². The van der Waals surface area contributed by atoms with Crippen LogP contribution in [0.3, 0.4) is 0 Å². The molecular weight excluding hydrogens is 196 g/mol. The largest absolute Gasteiger partial charge is 0.358 e. The number of pyridine rings is 1. The number of nitrogens with zero attached hydrogens (tertiary/aromatic N) is 1. The van der Waals surface area contributed by atoms with Gasteiger partial charge in [-0.05, 0) is 36.4 Å². The molecule has 77 valence electrons. The summed E-state index contributed by atoms with van der Waals surface area (Å²) in [4.78, 5) is 7.70. The molecule has 1 aromatic carbocycles. The summed E-state index contributed by atoms with van der Waals surface area (Å²) in [6, 6.07) is 17.2. The molecular formula is C14H11N2. The molecule has 0 bridgehead atoms. The number of hydrogen-bond donors (Lipinski definition) is 1. The van der Waals surface area contributed by atoms with Gasteiger partial charge in [-0.3, -0.25) is 4.98 Å². The number of nitrogens with one attached hydrogen (secondary N) is 1. The Hall–Kier alpha value is -2.09. The van der Waals surface area contributed by atoms with Crippen LogP contribution in [0, 0.1) is 6.07 Å². The van der Waals surface area contributed by atoms with Crippen molar-refractivity contribution in [2.75, 3.05) is 0 Å². The second kappa shape index (κ2) is 3.81. The fourth-order valence-electron chi connectivity index (χ4n) is 1.87. The number of aromatic nitrogens is 2. The summed E-state index contributed by atoms with van der Waals surface area (Å²) in [6.07, 6.45) is 2.67. The van der Waals surface area contributed by atoms with Crippen molar-refractivity contribution in [1.82, 2.24) is 9.97 Å². The van der Waals surface area contributed by atoms with E-state index in [2.05, 4.69) is 22.1 Å². The Morgan fingerprint density at radius 2 is 2.25 bits per heavy atom. The molecule has 0 aliphatic carbocycles. The minimum atomic E-state index is 0.843. The molecule has 2 nitrogen and oxygen atoms in total. The van der Waals surface area contributed by atoms with Gasteiger partial charge in [-0.2, -0.15) is 0 Å². The smallest absolute Gasteiger partial charge is 0.0462 e. The van der Waals surface area contributed by atoms with E-state index in [0.29, 0.717) is 0 Å². The maximum absolute atomic E-state index is 4.32. The molecule has 0 unspecified atom stereocenters. The number of rotatable bonds is 2. The molecule has 2 heterocycles. The highest BCUT2D eigenvalue weighted by Crippen LogP contribution is 2.16. The van der Waals surface area contributed by atoms with Crippen LogP contribution in [0.4, 0.5) is 0 Å². The topological polar surface area (TPSA) is 28.7 Å². The Morgan fingerprint density at radius 3 is 3.06 bits per heavy atom. The van der Waals surface area contributed by atoms with Crippen molar-refractivity contribution in [2.24, 2.45) is 0 Å². The number of fused-ring (bicyclic) bond motifs is 1. The van der Waals surface area contributed by atoms with Gasteiger partial charge in [-0.1, -0.05) is 12.1 Å². The number of aromatic amines is 1. The number of benzene rings is 1. The van der Waals surface area contributed by atoms with E-state index in [4.69, 9.17) is 0 Å². The van der Waals surface area contributed by atoms with Crippen LogP contribution >= 0.6 is 0 Å². The highest BCUT2D eigenvalue weighted by Gasteiger charge is 2.01. The lowest BCUT2D eigenvalue weighted by Gasteiger charge is -1.96. The third kappa shape index (κ3) is 1.70. The van der Waals surface area contributed by atoms with E-state index in [0.717, 1.165) is 17.6 Å². The van der Waals surface area contributed by atoms with Crippen LogP contribution < -0.4 is 0 Å². The molecule has 2 aromatic heterocycles. The Bertz CT molecular complexity index is 563. The van der Waals surface area contributed by atoms with Gasteiger partial charge in [0.2, 0.25) is 0 Å². The predicted octanol–water partition coefficient (Wildman–Crippen LogP) is 2.95. The van der Waals surface area contributed by atoms with E-state index in [9.17, 15) is 0 Å². The van der Waals surface area contributed by atoms with E-state index < -0.39 is 0 Å². The Kier molecular flexibility index (Phi) is 2.18. The molecule has 0 atom stereocenters. The highest BCUT2D eigenvalue weighted by molar-refractivity contribution is 5.80. The van der Waals surface area contributed by atoms with Crippen molar-refractivity contribution in [3.8, 4) is 0 Å². The van der Waals surface area contributed by atoms with Crippen molar-refractivity contribution < 1.29 is 0 Å². The zero-order valence-electron chi connectivity index (χ0n) is 8.77. The summed E-state index contributed by atoms with van der Waals surface area (Å²) in [6.45, 7) is 0. The molecule has 0 spiro atoms. The van der Waals surface area contributed by atoms with Gasteiger partial charge < -0.3 is 4.98 Å². The molecule has 0 saturated carbocycles. The van der Waals surface area contributed by atoms with Crippen LogP contribution in [0.25, 0.3) is 10.9 Å². The molecule has 0 aliphatic rings. The first-order valence-corrected chi connectivity index (χ1v) is 5.29. The van der Waals surface area contributed by atoms with Crippen LogP contribution in [-0.4, -0.2) is 9.97 Å². The highest BCUT2D eigenvalue weighted by atomic mass is 14.7. The van der Waals surface area contributed by atoms with E-state index in [1.807, 2.05) is 42.6 Å². The molecule has 3 rings (SSSR count). The monoisotopic (exact) mass is 207 g/mol. The van der Waals surface area contributed by atoms with Gasteiger partial charge in [0.15, 0.2) is 0 Å². The van der Waals surface area contributed by atoms with Crippen LogP contribution in [-0.2, 0) is 6.42 Å². The van der Waals surface area contributed by atoms with Crippen molar-refractivity contribution in [3.05, 3.63) is 66.1 Å². The maximum Gasteiger partial charge on any atom is 0.0462 e. The van der Waals surface area contributed by atoms with Crippen LogP contribution in [0.15, 0.2) is 48.7 Å². The maximum atomic E-state index is 4.32.